The van der Waals surface area contributed by atoms with E-state index in [2.05, 4.69) is 5.32 Å². The molecule has 0 saturated heterocycles. The van der Waals surface area contributed by atoms with Crippen LogP contribution in [0.1, 0.15) is 23.4 Å². The van der Waals surface area contributed by atoms with Crippen molar-refractivity contribution in [2.24, 2.45) is 0 Å². The highest BCUT2D eigenvalue weighted by atomic mass is 32.2. The molecule has 4 nitrogen and oxygen atoms in total. The molecule has 1 aromatic rings. The van der Waals surface area contributed by atoms with Crippen LogP contribution in [-0.2, 0) is 0 Å². The van der Waals surface area contributed by atoms with Crippen LogP contribution in [0.2, 0.25) is 0 Å². The molecule has 1 aromatic heterocycles. The number of hydrogen-bond donors (Lipinski definition) is 2. The number of carboxylic acids is 1. The van der Waals surface area contributed by atoms with E-state index in [1.165, 1.54) is 19.1 Å². The fourth-order valence-electron chi connectivity index (χ4n) is 1.68. The number of carbonyl (C=O) groups is 1. The van der Waals surface area contributed by atoms with Crippen molar-refractivity contribution < 1.29 is 14.3 Å². The van der Waals surface area contributed by atoms with Crippen LogP contribution in [-0.4, -0.2) is 22.4 Å². The van der Waals surface area contributed by atoms with Crippen LogP contribution in [0.15, 0.2) is 15.6 Å². The lowest BCUT2D eigenvalue weighted by Gasteiger charge is -2.21. The molecule has 1 aliphatic heterocycles. The van der Waals surface area contributed by atoms with Gasteiger partial charge in [0.1, 0.15) is 12.0 Å². The largest absolute Gasteiger partial charge is 0.475 e. The number of rotatable bonds is 1. The molecule has 2 aliphatic rings. The maximum absolute atomic E-state index is 10.8. The number of furan rings is 1. The fraction of sp³-hybridized carbons (Fsp3) is 0.444. The predicted molar refractivity (Wildman–Crippen MR) is 52.0 cm³/mol. The standard InChI is InChI=1S/C9H9NO3S/c11-8(12)7-6-5(3-13-7)14-9(1-2-9)4-10-6/h3,10H,1-2,4H2,(H,11,12). The zero-order chi connectivity index (χ0) is 9.76. The first-order valence-electron chi connectivity index (χ1n) is 4.48. The van der Waals surface area contributed by atoms with Gasteiger partial charge >= 0.3 is 5.97 Å². The van der Waals surface area contributed by atoms with E-state index in [1.807, 2.05) is 0 Å². The van der Waals surface area contributed by atoms with Crippen molar-refractivity contribution in [1.29, 1.82) is 0 Å². The Hall–Kier alpha value is -1.10. The highest BCUT2D eigenvalue weighted by Crippen LogP contribution is 2.56. The Labute approximate surface area is 84.7 Å². The summed E-state index contributed by atoms with van der Waals surface area (Å²) < 4.78 is 5.34. The summed E-state index contributed by atoms with van der Waals surface area (Å²) in [6.45, 7) is 0.852. The van der Waals surface area contributed by atoms with Crippen LogP contribution < -0.4 is 5.32 Å². The number of hydrogen-bond acceptors (Lipinski definition) is 4. The molecule has 1 aliphatic carbocycles. The molecule has 14 heavy (non-hydrogen) atoms. The van der Waals surface area contributed by atoms with Gasteiger partial charge in [-0.3, -0.25) is 0 Å². The lowest BCUT2D eigenvalue weighted by atomic mass is 10.3. The topological polar surface area (TPSA) is 62.5 Å². The number of carboxylic acid groups (broad SMARTS) is 1. The predicted octanol–water partition coefficient (Wildman–Crippen LogP) is 2.03. The van der Waals surface area contributed by atoms with Gasteiger partial charge in [0, 0.05) is 11.3 Å². The molecule has 0 atom stereocenters. The average Bonchev–Trinajstić information content (AvgIpc) is 2.77. The quantitative estimate of drug-likeness (QED) is 0.744. The summed E-state index contributed by atoms with van der Waals surface area (Å²) in [7, 11) is 0. The van der Waals surface area contributed by atoms with E-state index in [0.29, 0.717) is 10.4 Å². The highest BCUT2D eigenvalue weighted by molar-refractivity contribution is 8.01. The van der Waals surface area contributed by atoms with Crippen LogP contribution in [0.5, 0.6) is 0 Å². The Morgan fingerprint density at radius 2 is 2.43 bits per heavy atom. The number of nitrogens with one attached hydrogen (secondary N) is 1. The molecule has 0 amide bonds. The average molecular weight is 211 g/mol. The zero-order valence-corrected chi connectivity index (χ0v) is 8.19. The lowest BCUT2D eigenvalue weighted by Crippen LogP contribution is -2.22. The third-order valence-electron chi connectivity index (χ3n) is 2.67. The van der Waals surface area contributed by atoms with Crippen LogP contribution in [0.25, 0.3) is 0 Å². The van der Waals surface area contributed by atoms with Gasteiger partial charge in [-0.1, -0.05) is 0 Å². The maximum Gasteiger partial charge on any atom is 0.374 e. The Morgan fingerprint density at radius 3 is 3.07 bits per heavy atom. The van der Waals surface area contributed by atoms with E-state index in [-0.39, 0.29) is 5.76 Å². The molecule has 1 spiro atoms. The van der Waals surface area contributed by atoms with Gasteiger partial charge in [0.2, 0.25) is 5.76 Å². The van der Waals surface area contributed by atoms with E-state index in [4.69, 9.17) is 9.52 Å². The number of aromatic carboxylic acids is 1. The third kappa shape index (κ3) is 1.05. The summed E-state index contributed by atoms with van der Waals surface area (Å²) >= 11 is 1.74. The third-order valence-corrected chi connectivity index (χ3v) is 4.18. The Morgan fingerprint density at radius 1 is 1.64 bits per heavy atom. The van der Waals surface area contributed by atoms with Crippen molar-refractivity contribution in [2.45, 2.75) is 22.5 Å². The van der Waals surface area contributed by atoms with Crippen molar-refractivity contribution in [2.75, 3.05) is 11.9 Å². The van der Waals surface area contributed by atoms with Gasteiger partial charge in [-0.05, 0) is 12.8 Å². The summed E-state index contributed by atoms with van der Waals surface area (Å²) in [5.41, 5.74) is 0.653. The molecule has 1 saturated carbocycles. The maximum atomic E-state index is 10.8. The SMILES string of the molecule is O=C(O)c1occ2c1NCC1(CC1)S2. The second-order valence-electron chi connectivity index (χ2n) is 3.75. The van der Waals surface area contributed by atoms with Crippen molar-refractivity contribution in [3.05, 3.63) is 12.0 Å². The number of thioether (sulfide) groups is 1. The van der Waals surface area contributed by atoms with E-state index in [0.717, 1.165) is 11.4 Å². The molecule has 0 radical (unpaired) electrons. The smallest absolute Gasteiger partial charge is 0.374 e. The van der Waals surface area contributed by atoms with Gasteiger partial charge in [0.05, 0.1) is 4.90 Å². The van der Waals surface area contributed by atoms with E-state index < -0.39 is 5.97 Å². The summed E-state index contributed by atoms with van der Waals surface area (Å²) in [5, 5.41) is 12.0. The Kier molecular flexibility index (Phi) is 1.45. The van der Waals surface area contributed by atoms with E-state index >= 15 is 0 Å². The van der Waals surface area contributed by atoms with Gasteiger partial charge in [0.25, 0.3) is 0 Å². The molecule has 0 bridgehead atoms. The van der Waals surface area contributed by atoms with E-state index in [9.17, 15) is 4.79 Å². The van der Waals surface area contributed by atoms with Crippen LogP contribution in [0, 0.1) is 0 Å². The van der Waals surface area contributed by atoms with E-state index in [1.54, 1.807) is 11.8 Å². The summed E-state index contributed by atoms with van der Waals surface area (Å²) in [6.07, 6.45) is 3.95. The second kappa shape index (κ2) is 2.48. The van der Waals surface area contributed by atoms with Crippen LogP contribution in [0.4, 0.5) is 5.69 Å². The fourth-order valence-corrected chi connectivity index (χ4v) is 2.96. The monoisotopic (exact) mass is 211 g/mol. The minimum Gasteiger partial charge on any atom is -0.475 e. The zero-order valence-electron chi connectivity index (χ0n) is 7.37. The van der Waals surface area contributed by atoms with Gasteiger partial charge in [-0.15, -0.1) is 11.8 Å². The normalized spacial score (nSPS) is 21.4. The van der Waals surface area contributed by atoms with Gasteiger partial charge in [-0.2, -0.15) is 0 Å². The molecular weight excluding hydrogens is 202 g/mol. The highest BCUT2D eigenvalue weighted by Gasteiger charge is 2.47. The molecule has 0 unspecified atom stereocenters. The second-order valence-corrected chi connectivity index (χ2v) is 5.26. The molecule has 0 aromatic carbocycles. The first-order valence-corrected chi connectivity index (χ1v) is 5.30. The molecule has 1 fully saturated rings. The molecular formula is C9H9NO3S. The van der Waals surface area contributed by atoms with Gasteiger partial charge < -0.3 is 14.8 Å². The van der Waals surface area contributed by atoms with Crippen LogP contribution >= 0.6 is 11.8 Å². The molecule has 3 rings (SSSR count). The first-order chi connectivity index (χ1) is 6.70. The van der Waals surface area contributed by atoms with Crippen molar-refractivity contribution >= 4 is 23.4 Å². The van der Waals surface area contributed by atoms with Crippen molar-refractivity contribution in [3.63, 3.8) is 0 Å². The first kappa shape index (κ1) is 8.23. The lowest BCUT2D eigenvalue weighted by molar-refractivity contribution is 0.0664. The summed E-state index contributed by atoms with van der Waals surface area (Å²) in [5.74, 6) is -0.978. The van der Waals surface area contributed by atoms with Crippen LogP contribution in [0.3, 0.4) is 0 Å². The van der Waals surface area contributed by atoms with Gasteiger partial charge in [-0.25, -0.2) is 4.79 Å². The van der Waals surface area contributed by atoms with Gasteiger partial charge in [0.15, 0.2) is 0 Å². The minimum absolute atomic E-state index is 0.0306. The number of anilines is 1. The minimum atomic E-state index is -1.01. The molecule has 5 heteroatoms. The van der Waals surface area contributed by atoms with Crippen molar-refractivity contribution in [3.8, 4) is 0 Å². The molecule has 74 valence electrons. The summed E-state index contributed by atoms with van der Waals surface area (Å²) in [6, 6.07) is 0. The Balaban J connectivity index is 2.00. The molecule has 2 N–H and O–H groups in total. The van der Waals surface area contributed by atoms with Crippen molar-refractivity contribution in [1.82, 2.24) is 0 Å². The summed E-state index contributed by atoms with van der Waals surface area (Å²) in [4.78, 5) is 11.7. The molecule has 2 heterocycles. The Bertz CT molecular complexity index is 408. The number of fused-ring (bicyclic) bond motifs is 1.